The zero-order valence-electron chi connectivity index (χ0n) is 22.1. The summed E-state index contributed by atoms with van der Waals surface area (Å²) >= 11 is 1.39. The third-order valence-corrected chi connectivity index (χ3v) is 8.50. The van der Waals surface area contributed by atoms with Crippen molar-refractivity contribution in [1.82, 2.24) is 19.8 Å². The van der Waals surface area contributed by atoms with Crippen molar-refractivity contribution in [1.29, 1.82) is 0 Å². The molecular formula is C29H31FN6O2S. The molecule has 2 saturated heterocycles. The molecule has 10 heteroatoms. The smallest absolute Gasteiger partial charge is 0.286 e. The first-order chi connectivity index (χ1) is 19.0. The molecule has 3 aliphatic heterocycles. The van der Waals surface area contributed by atoms with E-state index in [2.05, 4.69) is 43.5 Å². The predicted molar refractivity (Wildman–Crippen MR) is 154 cm³/mol. The number of anilines is 1. The van der Waals surface area contributed by atoms with Crippen LogP contribution in [-0.2, 0) is 9.53 Å². The van der Waals surface area contributed by atoms with E-state index in [4.69, 9.17) is 4.74 Å². The molecule has 0 radical (unpaired) electrons. The molecule has 8 nitrogen and oxygen atoms in total. The van der Waals surface area contributed by atoms with E-state index in [0.29, 0.717) is 41.1 Å². The molecule has 3 aliphatic rings. The van der Waals surface area contributed by atoms with Gasteiger partial charge in [0.05, 0.1) is 35.0 Å². The Morgan fingerprint density at radius 3 is 2.51 bits per heavy atom. The number of amidine groups is 1. The van der Waals surface area contributed by atoms with E-state index in [0.717, 1.165) is 60.9 Å². The number of hydrogen-bond acceptors (Lipinski definition) is 8. The van der Waals surface area contributed by atoms with Crippen molar-refractivity contribution < 1.29 is 13.9 Å². The highest BCUT2D eigenvalue weighted by Gasteiger charge is 2.27. The van der Waals surface area contributed by atoms with Crippen LogP contribution in [0.25, 0.3) is 28.2 Å². The standard InChI is InChI=1S/C29H31FN6O2S/c1-19(2)34-7-9-35(10-8-34)25-6-4-21(17-23(25)30)27-22-15-20(3-5-24(22)31-18-32-27)16-26-28(37)33-29(39-26)36-11-13-38-14-12-36/h3-6,15-19H,7-14H2,1-2H3/b26-16-. The highest BCUT2D eigenvalue weighted by atomic mass is 32.2. The molecule has 1 amide bonds. The molecule has 2 aromatic carbocycles. The van der Waals surface area contributed by atoms with Crippen LogP contribution in [0.3, 0.4) is 0 Å². The highest BCUT2D eigenvalue weighted by molar-refractivity contribution is 8.18. The minimum atomic E-state index is -0.253. The average molecular weight is 547 g/mol. The molecule has 0 atom stereocenters. The van der Waals surface area contributed by atoms with Crippen LogP contribution in [0.5, 0.6) is 0 Å². The second-order valence-corrected chi connectivity index (χ2v) is 11.2. The van der Waals surface area contributed by atoms with Gasteiger partial charge >= 0.3 is 0 Å². The zero-order chi connectivity index (χ0) is 26.9. The number of hydrogen-bond donors (Lipinski definition) is 0. The molecular weight excluding hydrogens is 515 g/mol. The largest absolute Gasteiger partial charge is 0.378 e. The third kappa shape index (κ3) is 5.41. The van der Waals surface area contributed by atoms with Crippen LogP contribution in [0.4, 0.5) is 10.1 Å². The molecule has 0 N–H and O–H groups in total. The van der Waals surface area contributed by atoms with Gasteiger partial charge < -0.3 is 14.5 Å². The first-order valence-corrected chi connectivity index (χ1v) is 14.2. The van der Waals surface area contributed by atoms with E-state index in [9.17, 15) is 4.79 Å². The van der Waals surface area contributed by atoms with Gasteiger partial charge in [-0.05, 0) is 61.5 Å². The fourth-order valence-electron chi connectivity index (χ4n) is 5.22. The number of thioether (sulfide) groups is 1. The first kappa shape index (κ1) is 25.9. The number of aromatic nitrogens is 2. The number of rotatable bonds is 4. The van der Waals surface area contributed by atoms with E-state index in [1.165, 1.54) is 18.1 Å². The predicted octanol–water partition coefficient (Wildman–Crippen LogP) is 4.27. The molecule has 39 heavy (non-hydrogen) atoms. The number of nitrogens with zero attached hydrogens (tertiary/aromatic N) is 6. The van der Waals surface area contributed by atoms with Crippen LogP contribution < -0.4 is 4.90 Å². The lowest BCUT2D eigenvalue weighted by Gasteiger charge is -2.38. The number of fused-ring (bicyclic) bond motifs is 1. The molecule has 2 fully saturated rings. The maximum Gasteiger partial charge on any atom is 0.286 e. The molecule has 0 unspecified atom stereocenters. The van der Waals surface area contributed by atoms with Gasteiger partial charge in [-0.25, -0.2) is 14.4 Å². The SMILES string of the molecule is CC(C)N1CCN(c2ccc(-c3ncnc4ccc(/C=C5\SC(N6CCOCC6)=NC5=O)cc34)cc2F)CC1. The number of halogens is 1. The van der Waals surface area contributed by atoms with Crippen molar-refractivity contribution in [2.24, 2.45) is 4.99 Å². The fraction of sp³-hybridized carbons (Fsp3) is 0.379. The number of amides is 1. The van der Waals surface area contributed by atoms with Gasteiger partial charge in [0, 0.05) is 56.3 Å². The number of ether oxygens (including phenoxy) is 1. The Bertz CT molecular complexity index is 1460. The Morgan fingerprint density at radius 1 is 0.974 bits per heavy atom. The minimum absolute atomic E-state index is 0.238. The Morgan fingerprint density at radius 2 is 1.77 bits per heavy atom. The Balaban J connectivity index is 1.25. The number of piperazine rings is 1. The summed E-state index contributed by atoms with van der Waals surface area (Å²) in [4.78, 5) is 33.0. The van der Waals surface area contributed by atoms with E-state index < -0.39 is 0 Å². The van der Waals surface area contributed by atoms with Crippen molar-refractivity contribution >= 4 is 45.5 Å². The molecule has 1 aromatic heterocycles. The van der Waals surface area contributed by atoms with Gasteiger partial charge in [-0.3, -0.25) is 9.69 Å². The normalized spacial score (nSPS) is 19.9. The number of carbonyl (C=O) groups excluding carboxylic acids is 1. The highest BCUT2D eigenvalue weighted by Crippen LogP contribution is 2.33. The Hall–Kier alpha value is -3.34. The minimum Gasteiger partial charge on any atom is -0.378 e. The van der Waals surface area contributed by atoms with Crippen molar-refractivity contribution in [3.63, 3.8) is 0 Å². The molecule has 0 spiro atoms. The quantitative estimate of drug-likeness (QED) is 0.450. The van der Waals surface area contributed by atoms with Crippen LogP contribution in [0.2, 0.25) is 0 Å². The summed E-state index contributed by atoms with van der Waals surface area (Å²) in [5.74, 6) is -0.491. The van der Waals surface area contributed by atoms with Crippen molar-refractivity contribution in [2.75, 3.05) is 57.4 Å². The van der Waals surface area contributed by atoms with E-state index in [1.807, 2.05) is 36.4 Å². The van der Waals surface area contributed by atoms with Crippen LogP contribution in [0, 0.1) is 5.82 Å². The van der Waals surface area contributed by atoms with E-state index >= 15 is 4.39 Å². The number of carbonyl (C=O) groups is 1. The summed E-state index contributed by atoms with van der Waals surface area (Å²) < 4.78 is 20.8. The summed E-state index contributed by atoms with van der Waals surface area (Å²) in [6.45, 7) is 10.6. The molecule has 4 heterocycles. The lowest BCUT2D eigenvalue weighted by molar-refractivity contribution is -0.113. The summed E-state index contributed by atoms with van der Waals surface area (Å²) in [5.41, 5.74) is 3.57. The Kier molecular flexibility index (Phi) is 7.33. The molecule has 3 aromatic rings. The van der Waals surface area contributed by atoms with Crippen molar-refractivity contribution in [3.8, 4) is 11.3 Å². The maximum absolute atomic E-state index is 15.4. The number of benzene rings is 2. The lowest BCUT2D eigenvalue weighted by atomic mass is 10.0. The molecule has 202 valence electrons. The average Bonchev–Trinajstić information content (AvgIpc) is 3.33. The number of aliphatic imine (C=N–C) groups is 1. The van der Waals surface area contributed by atoms with Gasteiger partial charge in [-0.15, -0.1) is 0 Å². The molecule has 6 rings (SSSR count). The third-order valence-electron chi connectivity index (χ3n) is 7.45. The van der Waals surface area contributed by atoms with Gasteiger partial charge in [0.1, 0.15) is 12.1 Å². The van der Waals surface area contributed by atoms with Crippen LogP contribution in [-0.4, -0.2) is 89.4 Å². The van der Waals surface area contributed by atoms with Crippen LogP contribution >= 0.6 is 11.8 Å². The lowest BCUT2D eigenvalue weighted by Crippen LogP contribution is -2.49. The van der Waals surface area contributed by atoms with Gasteiger partial charge in [0.2, 0.25) is 0 Å². The molecule has 0 saturated carbocycles. The summed E-state index contributed by atoms with van der Waals surface area (Å²) in [6, 6.07) is 11.6. The first-order valence-electron chi connectivity index (χ1n) is 13.4. The topological polar surface area (TPSA) is 74.2 Å². The van der Waals surface area contributed by atoms with Gasteiger partial charge in [0.15, 0.2) is 5.17 Å². The fourth-order valence-corrected chi connectivity index (χ4v) is 6.19. The number of morpholine rings is 1. The van der Waals surface area contributed by atoms with Gasteiger partial charge in [-0.1, -0.05) is 12.1 Å². The summed E-state index contributed by atoms with van der Waals surface area (Å²) in [5, 5.41) is 1.52. The zero-order valence-corrected chi connectivity index (χ0v) is 23.0. The van der Waals surface area contributed by atoms with Crippen molar-refractivity contribution in [2.45, 2.75) is 19.9 Å². The molecule has 0 aliphatic carbocycles. The Labute approximate surface area is 231 Å². The van der Waals surface area contributed by atoms with E-state index in [-0.39, 0.29) is 11.7 Å². The second kappa shape index (κ2) is 11.0. The summed E-state index contributed by atoms with van der Waals surface area (Å²) in [6.07, 6.45) is 3.35. The van der Waals surface area contributed by atoms with Gasteiger partial charge in [0.25, 0.3) is 5.91 Å². The summed E-state index contributed by atoms with van der Waals surface area (Å²) in [7, 11) is 0. The van der Waals surface area contributed by atoms with Crippen LogP contribution in [0.1, 0.15) is 19.4 Å². The van der Waals surface area contributed by atoms with E-state index in [1.54, 1.807) is 6.07 Å². The van der Waals surface area contributed by atoms with Gasteiger partial charge in [-0.2, -0.15) is 4.99 Å². The van der Waals surface area contributed by atoms with Crippen molar-refractivity contribution in [3.05, 3.63) is 59.0 Å². The van der Waals surface area contributed by atoms with Crippen LogP contribution in [0.15, 0.2) is 52.6 Å². The maximum atomic E-state index is 15.4. The molecule has 0 bridgehead atoms. The monoisotopic (exact) mass is 546 g/mol. The second-order valence-electron chi connectivity index (χ2n) is 10.2.